The zero-order valence-corrected chi connectivity index (χ0v) is 10.1. The molecule has 0 atom stereocenters. The lowest BCUT2D eigenvalue weighted by molar-refractivity contribution is 0.597. The Labute approximate surface area is 106 Å². The zero-order valence-electron chi connectivity index (χ0n) is 10.1. The molecule has 0 fully saturated rings. The highest BCUT2D eigenvalue weighted by Crippen LogP contribution is 2.13. The van der Waals surface area contributed by atoms with Crippen LogP contribution in [0.1, 0.15) is 5.56 Å². The topological polar surface area (TPSA) is 45.6 Å². The van der Waals surface area contributed by atoms with Crippen molar-refractivity contribution in [3.63, 3.8) is 0 Å². The number of aromatic nitrogens is 3. The van der Waals surface area contributed by atoms with Crippen LogP contribution < -0.4 is 5.32 Å². The van der Waals surface area contributed by atoms with Gasteiger partial charge < -0.3 is 14.9 Å². The maximum atomic E-state index is 4.02. The smallest absolute Gasteiger partial charge is 0.0946 e. The Bertz CT molecular complexity index is 610. The molecule has 0 saturated carbocycles. The summed E-state index contributed by atoms with van der Waals surface area (Å²) in [6, 6.07) is 8.60. The predicted molar refractivity (Wildman–Crippen MR) is 72.2 cm³/mol. The highest BCUT2D eigenvalue weighted by molar-refractivity contribution is 5.79. The average molecular weight is 240 g/mol. The molecule has 18 heavy (non-hydrogen) atoms. The molecule has 2 aromatic heterocycles. The van der Waals surface area contributed by atoms with E-state index in [9.17, 15) is 0 Å². The first-order chi connectivity index (χ1) is 8.92. The van der Waals surface area contributed by atoms with Crippen molar-refractivity contribution in [3.05, 3.63) is 54.7 Å². The molecule has 0 spiro atoms. The molecule has 4 nitrogen and oxygen atoms in total. The number of nitrogens with zero attached hydrogens (tertiary/aromatic N) is 2. The lowest BCUT2D eigenvalue weighted by Gasteiger charge is -2.05. The van der Waals surface area contributed by atoms with Gasteiger partial charge in [-0.2, -0.15) is 0 Å². The fraction of sp³-hybridized carbons (Fsp3) is 0.214. The average Bonchev–Trinajstić information content (AvgIpc) is 3.05. The van der Waals surface area contributed by atoms with Crippen LogP contribution in [0.2, 0.25) is 0 Å². The minimum Gasteiger partial charge on any atom is -0.361 e. The van der Waals surface area contributed by atoms with E-state index in [1.54, 1.807) is 6.20 Å². The third-order valence-electron chi connectivity index (χ3n) is 3.05. The summed E-state index contributed by atoms with van der Waals surface area (Å²) in [7, 11) is 0. The van der Waals surface area contributed by atoms with Gasteiger partial charge >= 0.3 is 0 Å². The van der Waals surface area contributed by atoms with Gasteiger partial charge in [0.15, 0.2) is 0 Å². The van der Waals surface area contributed by atoms with Crippen LogP contribution in [-0.4, -0.2) is 21.1 Å². The van der Waals surface area contributed by atoms with Crippen LogP contribution >= 0.6 is 0 Å². The first-order valence-electron chi connectivity index (χ1n) is 6.14. The van der Waals surface area contributed by atoms with E-state index in [-0.39, 0.29) is 0 Å². The molecule has 4 heteroatoms. The van der Waals surface area contributed by atoms with Crippen molar-refractivity contribution in [1.29, 1.82) is 0 Å². The second kappa shape index (κ2) is 5.06. The second-order valence-electron chi connectivity index (χ2n) is 4.38. The van der Waals surface area contributed by atoms with Crippen molar-refractivity contribution in [2.24, 2.45) is 0 Å². The third kappa shape index (κ3) is 2.43. The number of H-pyrrole nitrogens is 1. The first kappa shape index (κ1) is 11.0. The molecule has 1 aromatic carbocycles. The number of hydrogen-bond acceptors (Lipinski definition) is 2. The zero-order chi connectivity index (χ0) is 12.2. The maximum Gasteiger partial charge on any atom is 0.0946 e. The molecule has 0 aliphatic carbocycles. The Balaban J connectivity index is 1.53. The third-order valence-corrected chi connectivity index (χ3v) is 3.05. The van der Waals surface area contributed by atoms with Crippen LogP contribution in [0.15, 0.2) is 49.2 Å². The van der Waals surface area contributed by atoms with Crippen LogP contribution in [0, 0.1) is 0 Å². The summed E-state index contributed by atoms with van der Waals surface area (Å²) in [5, 5.41) is 4.71. The normalized spacial score (nSPS) is 11.1. The van der Waals surface area contributed by atoms with Crippen molar-refractivity contribution in [2.45, 2.75) is 13.1 Å². The summed E-state index contributed by atoms with van der Waals surface area (Å²) in [6.45, 7) is 2.80. The van der Waals surface area contributed by atoms with E-state index in [0.717, 1.165) is 19.6 Å². The molecule has 2 N–H and O–H groups in total. The summed E-state index contributed by atoms with van der Waals surface area (Å²) in [4.78, 5) is 7.22. The van der Waals surface area contributed by atoms with Crippen LogP contribution in [0.25, 0.3) is 10.9 Å². The predicted octanol–water partition coefficient (Wildman–Crippen LogP) is 2.15. The van der Waals surface area contributed by atoms with Gasteiger partial charge in [-0.1, -0.05) is 6.07 Å². The number of benzene rings is 1. The van der Waals surface area contributed by atoms with E-state index in [1.165, 1.54) is 16.5 Å². The number of hydrogen-bond donors (Lipinski definition) is 2. The van der Waals surface area contributed by atoms with E-state index < -0.39 is 0 Å². The number of aromatic amines is 1. The summed E-state index contributed by atoms with van der Waals surface area (Å²) in [6.07, 6.45) is 7.60. The van der Waals surface area contributed by atoms with E-state index >= 15 is 0 Å². The highest BCUT2D eigenvalue weighted by Gasteiger charge is 1.97. The second-order valence-corrected chi connectivity index (χ2v) is 4.38. The molecule has 0 amide bonds. The standard InChI is InChI=1S/C14H16N4/c1-2-14-13(3-4-17-14)9-12(1)10-15-5-7-18-8-6-16-11-18/h1-4,6,8-9,11,15,17H,5,7,10H2. The maximum absolute atomic E-state index is 4.02. The quantitative estimate of drug-likeness (QED) is 0.671. The van der Waals surface area contributed by atoms with E-state index in [1.807, 2.05) is 18.7 Å². The van der Waals surface area contributed by atoms with Crippen molar-refractivity contribution < 1.29 is 0 Å². The van der Waals surface area contributed by atoms with E-state index in [0.29, 0.717) is 0 Å². The summed E-state index contributed by atoms with van der Waals surface area (Å²) < 4.78 is 2.07. The Morgan fingerprint density at radius 1 is 1.28 bits per heavy atom. The fourth-order valence-electron chi connectivity index (χ4n) is 2.07. The van der Waals surface area contributed by atoms with Crippen molar-refractivity contribution in [1.82, 2.24) is 19.9 Å². The molecule has 0 aliphatic rings. The Morgan fingerprint density at radius 3 is 3.17 bits per heavy atom. The van der Waals surface area contributed by atoms with Gasteiger partial charge in [0.25, 0.3) is 0 Å². The van der Waals surface area contributed by atoms with E-state index in [2.05, 4.69) is 44.1 Å². The van der Waals surface area contributed by atoms with Gasteiger partial charge in [-0.3, -0.25) is 0 Å². The van der Waals surface area contributed by atoms with Gasteiger partial charge in [0.1, 0.15) is 0 Å². The van der Waals surface area contributed by atoms with Crippen LogP contribution in [0.3, 0.4) is 0 Å². The molecule has 92 valence electrons. The molecule has 3 rings (SSSR count). The number of fused-ring (bicyclic) bond motifs is 1. The Morgan fingerprint density at radius 2 is 2.28 bits per heavy atom. The van der Waals surface area contributed by atoms with Gasteiger partial charge in [-0.05, 0) is 29.1 Å². The monoisotopic (exact) mass is 240 g/mol. The summed E-state index contributed by atoms with van der Waals surface area (Å²) >= 11 is 0. The lowest BCUT2D eigenvalue weighted by Crippen LogP contribution is -2.18. The largest absolute Gasteiger partial charge is 0.361 e. The first-order valence-corrected chi connectivity index (χ1v) is 6.14. The molecule has 0 saturated heterocycles. The Hall–Kier alpha value is -2.07. The van der Waals surface area contributed by atoms with E-state index in [4.69, 9.17) is 0 Å². The van der Waals surface area contributed by atoms with Gasteiger partial charge in [0.2, 0.25) is 0 Å². The van der Waals surface area contributed by atoms with Crippen molar-refractivity contribution in [3.8, 4) is 0 Å². The summed E-state index contributed by atoms with van der Waals surface area (Å²) in [5.41, 5.74) is 2.50. The molecule has 0 bridgehead atoms. The minimum absolute atomic E-state index is 0.899. The van der Waals surface area contributed by atoms with Gasteiger partial charge in [-0.25, -0.2) is 4.98 Å². The molecule has 0 radical (unpaired) electrons. The minimum atomic E-state index is 0.899. The lowest BCUT2D eigenvalue weighted by atomic mass is 10.1. The molecular weight excluding hydrogens is 224 g/mol. The SMILES string of the molecule is c1cn(CCNCc2ccc3[nH]ccc3c2)cn1. The fourth-order valence-corrected chi connectivity index (χ4v) is 2.07. The molecule has 2 heterocycles. The molecule has 3 aromatic rings. The highest BCUT2D eigenvalue weighted by atomic mass is 15.0. The van der Waals surface area contributed by atoms with Crippen molar-refractivity contribution >= 4 is 10.9 Å². The summed E-state index contributed by atoms with van der Waals surface area (Å²) in [5.74, 6) is 0. The number of rotatable bonds is 5. The van der Waals surface area contributed by atoms with Crippen molar-refractivity contribution in [2.75, 3.05) is 6.54 Å². The molecule has 0 unspecified atom stereocenters. The van der Waals surface area contributed by atoms with Crippen LogP contribution in [0.4, 0.5) is 0 Å². The van der Waals surface area contributed by atoms with Crippen LogP contribution in [-0.2, 0) is 13.1 Å². The Kier molecular flexibility index (Phi) is 3.10. The van der Waals surface area contributed by atoms with Crippen LogP contribution in [0.5, 0.6) is 0 Å². The van der Waals surface area contributed by atoms with Gasteiger partial charge in [0.05, 0.1) is 6.33 Å². The number of imidazole rings is 1. The van der Waals surface area contributed by atoms with Gasteiger partial charge in [0, 0.05) is 43.7 Å². The van der Waals surface area contributed by atoms with Gasteiger partial charge in [-0.15, -0.1) is 0 Å². The molecular formula is C14H16N4. The number of nitrogens with one attached hydrogen (secondary N) is 2. The molecule has 0 aliphatic heterocycles.